The molecule has 96 valence electrons. The summed E-state index contributed by atoms with van der Waals surface area (Å²) in [5.41, 5.74) is -0.0452. The summed E-state index contributed by atoms with van der Waals surface area (Å²) in [7, 11) is -3.53. The molecule has 1 rings (SSSR count). The third-order valence-electron chi connectivity index (χ3n) is 2.37. The molecule has 1 N–H and O–H groups in total. The van der Waals surface area contributed by atoms with Crippen LogP contribution in [0.1, 0.15) is 12.5 Å². The molecule has 0 heterocycles. The van der Waals surface area contributed by atoms with Crippen LogP contribution in [0.15, 0.2) is 18.2 Å². The van der Waals surface area contributed by atoms with Gasteiger partial charge in [-0.1, -0.05) is 0 Å². The third-order valence-corrected chi connectivity index (χ3v) is 3.87. The molecule has 0 bridgehead atoms. The molecule has 1 amide bonds. The topological polar surface area (TPSA) is 87.0 Å². The molecule has 0 aromatic heterocycles. The molecule has 0 saturated carbocycles. The number of sulfone groups is 1. The fourth-order valence-electron chi connectivity index (χ4n) is 1.11. The van der Waals surface area contributed by atoms with Gasteiger partial charge in [0.1, 0.15) is 11.1 Å². The van der Waals surface area contributed by atoms with E-state index in [1.54, 1.807) is 6.07 Å². The average molecular weight is 270 g/mol. The number of nitriles is 1. The van der Waals surface area contributed by atoms with Crippen molar-refractivity contribution in [1.82, 2.24) is 0 Å². The molecule has 5 nitrogen and oxygen atoms in total. The van der Waals surface area contributed by atoms with Crippen LogP contribution in [0.3, 0.4) is 0 Å². The van der Waals surface area contributed by atoms with Gasteiger partial charge in [0.2, 0.25) is 5.91 Å². The van der Waals surface area contributed by atoms with Crippen LogP contribution in [0.2, 0.25) is 0 Å². The van der Waals surface area contributed by atoms with Crippen LogP contribution < -0.4 is 5.32 Å². The highest BCUT2D eigenvalue weighted by Gasteiger charge is 2.24. The van der Waals surface area contributed by atoms with Gasteiger partial charge in [-0.05, 0) is 25.1 Å². The number of nitrogens with one attached hydrogen (secondary N) is 1. The summed E-state index contributed by atoms with van der Waals surface area (Å²) in [6, 6.07) is 5.24. The van der Waals surface area contributed by atoms with Gasteiger partial charge >= 0.3 is 0 Å². The quantitative estimate of drug-likeness (QED) is 0.890. The highest BCUT2D eigenvalue weighted by Crippen LogP contribution is 2.16. The molecule has 0 aliphatic heterocycles. The summed E-state index contributed by atoms with van der Waals surface area (Å²) in [6.07, 6.45) is 0.923. The number of halogens is 1. The third kappa shape index (κ3) is 3.28. The van der Waals surface area contributed by atoms with E-state index in [0.29, 0.717) is 0 Å². The molecule has 0 fully saturated rings. The first-order chi connectivity index (χ1) is 8.25. The van der Waals surface area contributed by atoms with Gasteiger partial charge in [-0.2, -0.15) is 5.26 Å². The molecule has 0 saturated heterocycles. The monoisotopic (exact) mass is 270 g/mol. The Kier molecular flexibility index (Phi) is 4.03. The molecule has 1 unspecified atom stereocenters. The minimum absolute atomic E-state index is 0.113. The number of carbonyl (C=O) groups is 1. The normalized spacial score (nSPS) is 12.6. The van der Waals surface area contributed by atoms with Crippen LogP contribution in [0.5, 0.6) is 0 Å². The van der Waals surface area contributed by atoms with Crippen molar-refractivity contribution < 1.29 is 17.6 Å². The van der Waals surface area contributed by atoms with Gasteiger partial charge in [0, 0.05) is 6.26 Å². The predicted molar refractivity (Wildman–Crippen MR) is 64.1 cm³/mol. The Hall–Kier alpha value is -1.94. The SMILES string of the molecule is CC(C(=O)Nc1ccc(C#N)cc1F)S(C)(=O)=O. The lowest BCUT2D eigenvalue weighted by Crippen LogP contribution is -2.32. The second-order valence-electron chi connectivity index (χ2n) is 3.77. The molecular formula is C11H11FN2O3S. The Balaban J connectivity index is 2.93. The van der Waals surface area contributed by atoms with Crippen molar-refractivity contribution in [3.8, 4) is 6.07 Å². The Morgan fingerprint density at radius 3 is 2.56 bits per heavy atom. The fourth-order valence-corrected chi connectivity index (χ4v) is 1.56. The minimum Gasteiger partial charge on any atom is -0.322 e. The summed E-state index contributed by atoms with van der Waals surface area (Å²) in [5.74, 6) is -1.61. The standard InChI is InChI=1S/C11H11FN2O3S/c1-7(18(2,16)17)11(15)14-10-4-3-8(6-13)5-9(10)12/h3-5,7H,1-2H3,(H,14,15). The highest BCUT2D eigenvalue weighted by molar-refractivity contribution is 7.92. The zero-order valence-electron chi connectivity index (χ0n) is 9.77. The number of nitrogens with zero attached hydrogens (tertiary/aromatic N) is 1. The van der Waals surface area contributed by atoms with E-state index in [0.717, 1.165) is 12.3 Å². The van der Waals surface area contributed by atoms with Gasteiger partial charge in [-0.25, -0.2) is 12.8 Å². The van der Waals surface area contributed by atoms with Crippen LogP contribution >= 0.6 is 0 Å². The van der Waals surface area contributed by atoms with Crippen molar-refractivity contribution in [2.45, 2.75) is 12.2 Å². The van der Waals surface area contributed by atoms with Gasteiger partial charge in [-0.3, -0.25) is 4.79 Å². The zero-order valence-corrected chi connectivity index (χ0v) is 10.6. The first-order valence-corrected chi connectivity index (χ1v) is 6.90. The lowest BCUT2D eigenvalue weighted by atomic mass is 10.2. The van der Waals surface area contributed by atoms with Gasteiger partial charge in [0.05, 0.1) is 17.3 Å². The molecule has 1 aromatic rings. The summed E-state index contributed by atoms with van der Waals surface area (Å²) in [4.78, 5) is 11.5. The number of carbonyl (C=O) groups excluding carboxylic acids is 1. The smallest absolute Gasteiger partial charge is 0.242 e. The largest absolute Gasteiger partial charge is 0.322 e. The predicted octanol–water partition coefficient (Wildman–Crippen LogP) is 1.07. The molecule has 0 spiro atoms. The van der Waals surface area contributed by atoms with Crippen molar-refractivity contribution in [2.24, 2.45) is 0 Å². The molecule has 1 atom stereocenters. The minimum atomic E-state index is -3.53. The summed E-state index contributed by atoms with van der Waals surface area (Å²) in [6.45, 7) is 1.21. The number of benzene rings is 1. The van der Waals surface area contributed by atoms with Crippen molar-refractivity contribution in [1.29, 1.82) is 5.26 Å². The van der Waals surface area contributed by atoms with Gasteiger partial charge in [0.25, 0.3) is 0 Å². The van der Waals surface area contributed by atoms with E-state index in [1.165, 1.54) is 19.1 Å². The molecule has 1 aromatic carbocycles. The Morgan fingerprint density at radius 2 is 2.11 bits per heavy atom. The van der Waals surface area contributed by atoms with Crippen molar-refractivity contribution >= 4 is 21.4 Å². The maximum Gasteiger partial charge on any atom is 0.242 e. The Bertz CT molecular complexity index is 620. The average Bonchev–Trinajstić information content (AvgIpc) is 2.29. The van der Waals surface area contributed by atoms with Crippen LogP contribution in [-0.4, -0.2) is 25.8 Å². The van der Waals surface area contributed by atoms with E-state index >= 15 is 0 Å². The molecule has 0 aliphatic carbocycles. The Labute approximate surface area is 104 Å². The molecule has 0 radical (unpaired) electrons. The maximum atomic E-state index is 13.4. The lowest BCUT2D eigenvalue weighted by Gasteiger charge is -2.11. The van der Waals surface area contributed by atoms with Crippen LogP contribution in [-0.2, 0) is 14.6 Å². The number of hydrogen-bond acceptors (Lipinski definition) is 4. The van der Waals surface area contributed by atoms with Crippen molar-refractivity contribution in [3.05, 3.63) is 29.6 Å². The second-order valence-corrected chi connectivity index (χ2v) is 6.13. The highest BCUT2D eigenvalue weighted by atomic mass is 32.2. The number of hydrogen-bond donors (Lipinski definition) is 1. The first kappa shape index (κ1) is 14.1. The fraction of sp³-hybridized carbons (Fsp3) is 0.273. The molecule has 7 heteroatoms. The van der Waals surface area contributed by atoms with E-state index in [1.807, 2.05) is 0 Å². The molecule has 0 aliphatic rings. The first-order valence-electron chi connectivity index (χ1n) is 4.95. The molecule has 18 heavy (non-hydrogen) atoms. The Morgan fingerprint density at radius 1 is 1.50 bits per heavy atom. The zero-order chi connectivity index (χ0) is 13.9. The number of rotatable bonds is 3. The van der Waals surface area contributed by atoms with E-state index in [2.05, 4.69) is 5.32 Å². The van der Waals surface area contributed by atoms with Crippen molar-refractivity contribution in [2.75, 3.05) is 11.6 Å². The maximum absolute atomic E-state index is 13.4. The summed E-state index contributed by atoms with van der Waals surface area (Å²) >= 11 is 0. The van der Waals surface area contributed by atoms with Crippen LogP contribution in [0, 0.1) is 17.1 Å². The van der Waals surface area contributed by atoms with Gasteiger partial charge in [0.15, 0.2) is 9.84 Å². The number of amides is 1. The van der Waals surface area contributed by atoms with Crippen LogP contribution in [0.4, 0.5) is 10.1 Å². The van der Waals surface area contributed by atoms with Gasteiger partial charge in [-0.15, -0.1) is 0 Å². The number of anilines is 1. The van der Waals surface area contributed by atoms with E-state index < -0.39 is 26.8 Å². The van der Waals surface area contributed by atoms with E-state index in [-0.39, 0.29) is 11.3 Å². The summed E-state index contributed by atoms with van der Waals surface area (Å²) in [5, 5.41) is 9.44. The second kappa shape index (κ2) is 5.14. The molecular weight excluding hydrogens is 259 g/mol. The summed E-state index contributed by atoms with van der Waals surface area (Å²) < 4.78 is 35.7. The van der Waals surface area contributed by atoms with E-state index in [9.17, 15) is 17.6 Å². The van der Waals surface area contributed by atoms with Gasteiger partial charge < -0.3 is 5.32 Å². The van der Waals surface area contributed by atoms with E-state index in [4.69, 9.17) is 5.26 Å². The van der Waals surface area contributed by atoms with Crippen LogP contribution in [0.25, 0.3) is 0 Å². The lowest BCUT2D eigenvalue weighted by molar-refractivity contribution is -0.115. The van der Waals surface area contributed by atoms with Crippen molar-refractivity contribution in [3.63, 3.8) is 0 Å².